The summed E-state index contributed by atoms with van der Waals surface area (Å²) < 4.78 is 0. The lowest BCUT2D eigenvalue weighted by Gasteiger charge is -2.13. The summed E-state index contributed by atoms with van der Waals surface area (Å²) in [7, 11) is 0. The lowest BCUT2D eigenvalue weighted by molar-refractivity contribution is -0.112. The second-order valence-corrected chi connectivity index (χ2v) is 8.48. The van der Waals surface area contributed by atoms with Gasteiger partial charge in [0.1, 0.15) is 11.6 Å². The number of aryl methyl sites for hydroxylation is 2. The van der Waals surface area contributed by atoms with Crippen molar-refractivity contribution >= 4 is 40.0 Å². The summed E-state index contributed by atoms with van der Waals surface area (Å²) in [5.41, 5.74) is 5.56. The topological polar surface area (TPSA) is 52.9 Å². The monoisotopic (exact) mass is 450 g/mol. The van der Waals surface area contributed by atoms with Crippen molar-refractivity contribution in [1.29, 1.82) is 5.26 Å². The maximum absolute atomic E-state index is 13.0. The Balaban J connectivity index is 1.79. The van der Waals surface area contributed by atoms with Gasteiger partial charge in [-0.3, -0.25) is 4.79 Å². The van der Waals surface area contributed by atoms with Crippen molar-refractivity contribution in [3.63, 3.8) is 0 Å². The first-order valence-corrected chi connectivity index (χ1v) is 11.1. The first-order valence-electron chi connectivity index (χ1n) is 10.7. The number of halogens is 1. The zero-order valence-corrected chi connectivity index (χ0v) is 19.3. The van der Waals surface area contributed by atoms with Gasteiger partial charge in [-0.25, -0.2) is 0 Å². The maximum atomic E-state index is 13.0. The first-order chi connectivity index (χ1) is 16.0. The molecule has 0 spiro atoms. The van der Waals surface area contributed by atoms with E-state index in [2.05, 4.69) is 17.5 Å². The van der Waals surface area contributed by atoms with Crippen molar-refractivity contribution in [1.82, 2.24) is 0 Å². The number of benzene rings is 4. The van der Waals surface area contributed by atoms with Crippen molar-refractivity contribution in [3.8, 4) is 6.07 Å². The smallest absolute Gasteiger partial charge is 0.266 e. The van der Waals surface area contributed by atoms with Crippen LogP contribution in [-0.2, 0) is 11.2 Å². The van der Waals surface area contributed by atoms with Gasteiger partial charge in [-0.15, -0.1) is 0 Å². The second-order valence-electron chi connectivity index (χ2n) is 8.07. The molecule has 0 saturated heterocycles. The molecular formula is C29H23ClN2O. The average molecular weight is 451 g/mol. The fraction of sp³-hybridized carbons (Fsp3) is 0.103. The highest BCUT2D eigenvalue weighted by Crippen LogP contribution is 2.29. The van der Waals surface area contributed by atoms with Crippen LogP contribution in [-0.4, -0.2) is 5.91 Å². The summed E-state index contributed by atoms with van der Waals surface area (Å²) in [6, 6.07) is 27.7. The number of nitrogens with zero attached hydrogens (tertiary/aromatic N) is 1. The van der Waals surface area contributed by atoms with Gasteiger partial charge in [0, 0.05) is 10.7 Å². The molecule has 4 aromatic rings. The second kappa shape index (κ2) is 9.73. The third kappa shape index (κ3) is 4.98. The van der Waals surface area contributed by atoms with E-state index < -0.39 is 5.91 Å². The van der Waals surface area contributed by atoms with E-state index in [1.54, 1.807) is 6.08 Å². The quantitative estimate of drug-likeness (QED) is 0.257. The third-order valence-electron chi connectivity index (χ3n) is 5.69. The highest BCUT2D eigenvalue weighted by Gasteiger charge is 2.15. The van der Waals surface area contributed by atoms with Crippen LogP contribution >= 0.6 is 11.6 Å². The predicted molar refractivity (Wildman–Crippen MR) is 136 cm³/mol. The van der Waals surface area contributed by atoms with Gasteiger partial charge in [0.15, 0.2) is 0 Å². The molecule has 0 radical (unpaired) electrons. The van der Waals surface area contributed by atoms with Crippen molar-refractivity contribution in [3.05, 3.63) is 117 Å². The predicted octanol–water partition coefficient (Wildman–Crippen LogP) is 7.25. The molecule has 33 heavy (non-hydrogen) atoms. The minimum absolute atomic E-state index is 0.0488. The highest BCUT2D eigenvalue weighted by molar-refractivity contribution is 6.31. The molecular weight excluding hydrogens is 428 g/mol. The molecule has 0 atom stereocenters. The molecule has 0 heterocycles. The molecule has 0 aliphatic rings. The van der Waals surface area contributed by atoms with Crippen molar-refractivity contribution in [2.75, 3.05) is 5.32 Å². The van der Waals surface area contributed by atoms with Crippen LogP contribution in [0.1, 0.15) is 27.8 Å². The Morgan fingerprint density at radius 2 is 1.73 bits per heavy atom. The van der Waals surface area contributed by atoms with Crippen LogP contribution in [0.15, 0.2) is 84.4 Å². The Kier molecular flexibility index (Phi) is 6.58. The molecule has 4 rings (SSSR count). The molecule has 4 aromatic carbocycles. The summed E-state index contributed by atoms with van der Waals surface area (Å²) in [6.07, 6.45) is 2.28. The van der Waals surface area contributed by atoms with E-state index in [-0.39, 0.29) is 5.57 Å². The van der Waals surface area contributed by atoms with E-state index in [9.17, 15) is 10.1 Å². The molecule has 0 aromatic heterocycles. The van der Waals surface area contributed by atoms with Gasteiger partial charge in [0.2, 0.25) is 0 Å². The van der Waals surface area contributed by atoms with Crippen LogP contribution < -0.4 is 5.32 Å². The maximum Gasteiger partial charge on any atom is 0.266 e. The zero-order valence-electron chi connectivity index (χ0n) is 18.5. The van der Waals surface area contributed by atoms with Crippen LogP contribution in [0.3, 0.4) is 0 Å². The van der Waals surface area contributed by atoms with Gasteiger partial charge in [0.25, 0.3) is 5.91 Å². The van der Waals surface area contributed by atoms with Gasteiger partial charge in [0.05, 0.1) is 0 Å². The number of amides is 1. The number of nitrogens with one attached hydrogen (secondary N) is 1. The van der Waals surface area contributed by atoms with Gasteiger partial charge in [-0.1, -0.05) is 78.3 Å². The number of carbonyl (C=O) groups is 1. The van der Waals surface area contributed by atoms with Crippen molar-refractivity contribution in [2.24, 2.45) is 0 Å². The Morgan fingerprint density at radius 1 is 0.970 bits per heavy atom. The van der Waals surface area contributed by atoms with Crippen LogP contribution in [0.4, 0.5) is 5.69 Å². The molecule has 0 fully saturated rings. The lowest BCUT2D eigenvalue weighted by Crippen LogP contribution is -2.14. The molecule has 1 N–H and O–H groups in total. The van der Waals surface area contributed by atoms with Crippen molar-refractivity contribution < 1.29 is 4.79 Å². The zero-order chi connectivity index (χ0) is 23.4. The number of nitriles is 1. The van der Waals surface area contributed by atoms with E-state index in [0.29, 0.717) is 17.1 Å². The normalized spacial score (nSPS) is 11.3. The van der Waals surface area contributed by atoms with Crippen LogP contribution in [0.2, 0.25) is 5.02 Å². The van der Waals surface area contributed by atoms with E-state index in [0.717, 1.165) is 38.6 Å². The number of hydrogen-bond acceptors (Lipinski definition) is 2. The fourth-order valence-corrected chi connectivity index (χ4v) is 4.07. The largest absolute Gasteiger partial charge is 0.321 e. The highest BCUT2D eigenvalue weighted by atomic mass is 35.5. The molecule has 3 nitrogen and oxygen atoms in total. The number of anilines is 1. The lowest BCUT2D eigenvalue weighted by atomic mass is 9.93. The Hall–Kier alpha value is -3.87. The summed E-state index contributed by atoms with van der Waals surface area (Å²) in [5.74, 6) is -0.428. The van der Waals surface area contributed by atoms with E-state index in [1.165, 1.54) is 0 Å². The number of carbonyl (C=O) groups excluding carboxylic acids is 1. The molecule has 1 amide bonds. The number of fused-ring (bicyclic) bond motifs is 1. The molecule has 0 aliphatic carbocycles. The van der Waals surface area contributed by atoms with E-state index in [4.69, 9.17) is 11.6 Å². The number of hydrogen-bond donors (Lipinski definition) is 1. The fourth-order valence-electron chi connectivity index (χ4n) is 3.87. The summed E-state index contributed by atoms with van der Waals surface area (Å²) >= 11 is 6.41. The Morgan fingerprint density at radius 3 is 2.52 bits per heavy atom. The Labute approximate surface area is 198 Å². The van der Waals surface area contributed by atoms with Crippen LogP contribution in [0.25, 0.3) is 16.8 Å². The van der Waals surface area contributed by atoms with E-state index >= 15 is 0 Å². The third-order valence-corrected chi connectivity index (χ3v) is 6.06. The first kappa shape index (κ1) is 22.3. The summed E-state index contributed by atoms with van der Waals surface area (Å²) in [5, 5.41) is 15.5. The average Bonchev–Trinajstić information content (AvgIpc) is 2.82. The number of rotatable bonds is 5. The minimum atomic E-state index is -0.428. The van der Waals surface area contributed by atoms with Gasteiger partial charge >= 0.3 is 0 Å². The van der Waals surface area contributed by atoms with Crippen LogP contribution in [0, 0.1) is 25.2 Å². The molecule has 0 bridgehead atoms. The van der Waals surface area contributed by atoms with Crippen LogP contribution in [0.5, 0.6) is 0 Å². The molecule has 162 valence electrons. The van der Waals surface area contributed by atoms with Crippen molar-refractivity contribution in [2.45, 2.75) is 20.3 Å². The molecule has 0 aliphatic heterocycles. The van der Waals surface area contributed by atoms with Gasteiger partial charge < -0.3 is 5.32 Å². The van der Waals surface area contributed by atoms with Gasteiger partial charge in [-0.05, 0) is 77.1 Å². The minimum Gasteiger partial charge on any atom is -0.321 e. The van der Waals surface area contributed by atoms with Gasteiger partial charge in [-0.2, -0.15) is 5.26 Å². The standard InChI is InChI=1S/C29H23ClN2O/c1-19-11-12-20(2)28(15-19)32-29(33)24(18-31)17-26-22(16-23-8-4-6-10-27(23)30)14-13-21-7-3-5-9-25(21)26/h3-15,17H,16H2,1-2H3,(H,32,33)/b24-17+. The Bertz CT molecular complexity index is 1430. The van der Waals surface area contributed by atoms with E-state index in [1.807, 2.05) is 86.6 Å². The summed E-state index contributed by atoms with van der Waals surface area (Å²) in [4.78, 5) is 13.0. The SMILES string of the molecule is Cc1ccc(C)c(NC(=O)/C(C#N)=C/c2c(Cc3ccccc3Cl)ccc3ccccc23)c1. The molecule has 0 unspecified atom stereocenters. The molecule has 0 saturated carbocycles. The summed E-state index contributed by atoms with van der Waals surface area (Å²) in [6.45, 7) is 3.89. The molecule has 4 heteroatoms.